The van der Waals surface area contributed by atoms with Crippen LogP contribution in [-0.4, -0.2) is 17.5 Å². The number of hydrogen-bond donors (Lipinski definition) is 0. The van der Waals surface area contributed by atoms with E-state index in [2.05, 4.69) is 0 Å². The first-order valence-electron chi connectivity index (χ1n) is 9.23. The van der Waals surface area contributed by atoms with Crippen LogP contribution in [-0.2, 0) is 6.54 Å². The molecular weight excluding hydrogens is 388 g/mol. The lowest BCUT2D eigenvalue weighted by Gasteiger charge is -2.15. The minimum Gasteiger partial charge on any atom is -0.496 e. The topological polar surface area (TPSA) is 48.3 Å². The maximum Gasteiger partial charge on any atom is 0.200 e. The second-order valence-electron chi connectivity index (χ2n) is 6.81. The van der Waals surface area contributed by atoms with Gasteiger partial charge in [-0.1, -0.05) is 18.2 Å². The fourth-order valence-electron chi connectivity index (χ4n) is 3.44. The van der Waals surface area contributed by atoms with Crippen molar-refractivity contribution in [3.63, 3.8) is 0 Å². The number of carbonyl (C=O) groups excluding carboxylic acids is 1. The molecule has 30 heavy (non-hydrogen) atoms. The summed E-state index contributed by atoms with van der Waals surface area (Å²) in [6.07, 6.45) is 1.46. The highest BCUT2D eigenvalue weighted by Crippen LogP contribution is 2.22. The second kappa shape index (κ2) is 7.91. The van der Waals surface area contributed by atoms with Gasteiger partial charge in [-0.2, -0.15) is 0 Å². The van der Waals surface area contributed by atoms with E-state index in [-0.39, 0.29) is 16.5 Å². The summed E-state index contributed by atoms with van der Waals surface area (Å²) in [6, 6.07) is 16.2. The van der Waals surface area contributed by atoms with Crippen LogP contribution in [0, 0.1) is 11.6 Å². The zero-order valence-corrected chi connectivity index (χ0v) is 16.1. The SMILES string of the molecule is COc1ccccc1Cn1cc(C(=O)c2ccc(F)cc2)c(=O)c2cc(F)ccc21. The summed E-state index contributed by atoms with van der Waals surface area (Å²) in [5.41, 5.74) is 0.801. The number of carbonyl (C=O) groups is 1. The molecule has 0 unspecified atom stereocenters. The van der Waals surface area contributed by atoms with E-state index in [1.807, 2.05) is 24.3 Å². The highest BCUT2D eigenvalue weighted by Gasteiger charge is 2.18. The summed E-state index contributed by atoms with van der Waals surface area (Å²) in [5.74, 6) is -0.964. The Morgan fingerprint density at radius 1 is 0.967 bits per heavy atom. The molecule has 0 aliphatic heterocycles. The van der Waals surface area contributed by atoms with E-state index in [1.165, 1.54) is 30.5 Å². The standard InChI is InChI=1S/C24H17F2NO3/c1-30-22-5-3-2-4-16(22)13-27-14-20(23(28)15-6-8-17(25)9-7-15)24(29)19-12-18(26)10-11-21(19)27/h2-12,14H,13H2,1H3. The first kappa shape index (κ1) is 19.5. The van der Waals surface area contributed by atoms with Gasteiger partial charge in [0.2, 0.25) is 5.43 Å². The molecule has 150 valence electrons. The average Bonchev–Trinajstić information content (AvgIpc) is 2.76. The van der Waals surface area contributed by atoms with Gasteiger partial charge in [0.25, 0.3) is 0 Å². The molecule has 4 rings (SSSR count). The van der Waals surface area contributed by atoms with E-state index in [9.17, 15) is 18.4 Å². The monoisotopic (exact) mass is 405 g/mol. The minimum absolute atomic E-state index is 0.0952. The number of benzene rings is 3. The first-order chi connectivity index (χ1) is 14.5. The molecule has 0 aliphatic carbocycles. The van der Waals surface area contributed by atoms with Crippen LogP contribution in [0.25, 0.3) is 10.9 Å². The minimum atomic E-state index is -0.574. The number of nitrogens with zero attached hydrogens (tertiary/aromatic N) is 1. The number of fused-ring (bicyclic) bond motifs is 1. The number of rotatable bonds is 5. The zero-order chi connectivity index (χ0) is 21.3. The van der Waals surface area contributed by atoms with Crippen molar-refractivity contribution in [2.45, 2.75) is 6.54 Å². The summed E-state index contributed by atoms with van der Waals surface area (Å²) in [7, 11) is 1.56. The molecule has 0 bridgehead atoms. The van der Waals surface area contributed by atoms with Crippen molar-refractivity contribution >= 4 is 16.7 Å². The Morgan fingerprint density at radius 2 is 1.67 bits per heavy atom. The summed E-state index contributed by atoms with van der Waals surface area (Å²) < 4.78 is 34.2. The maximum absolute atomic E-state index is 13.9. The van der Waals surface area contributed by atoms with Gasteiger partial charge in [-0.05, 0) is 48.5 Å². The van der Waals surface area contributed by atoms with Gasteiger partial charge in [0.1, 0.15) is 17.4 Å². The zero-order valence-electron chi connectivity index (χ0n) is 16.1. The highest BCUT2D eigenvalue weighted by atomic mass is 19.1. The molecule has 4 nitrogen and oxygen atoms in total. The lowest BCUT2D eigenvalue weighted by Crippen LogP contribution is -2.20. The van der Waals surface area contributed by atoms with Crippen LogP contribution in [0.2, 0.25) is 0 Å². The molecule has 0 aliphatic rings. The van der Waals surface area contributed by atoms with Crippen molar-refractivity contribution in [3.8, 4) is 5.75 Å². The number of ketones is 1. The lowest BCUT2D eigenvalue weighted by molar-refractivity contribution is 0.103. The van der Waals surface area contributed by atoms with Crippen molar-refractivity contribution in [3.05, 3.63) is 111 Å². The van der Waals surface area contributed by atoms with E-state index >= 15 is 0 Å². The van der Waals surface area contributed by atoms with Crippen LogP contribution < -0.4 is 10.2 Å². The lowest BCUT2D eigenvalue weighted by atomic mass is 10.0. The van der Waals surface area contributed by atoms with Gasteiger partial charge < -0.3 is 9.30 Å². The summed E-state index contributed by atoms with van der Waals surface area (Å²) in [4.78, 5) is 26.0. The predicted molar refractivity (Wildman–Crippen MR) is 110 cm³/mol. The van der Waals surface area contributed by atoms with E-state index in [0.29, 0.717) is 17.8 Å². The summed E-state index contributed by atoms with van der Waals surface area (Å²) >= 11 is 0. The molecule has 0 fully saturated rings. The van der Waals surface area contributed by atoms with Gasteiger partial charge in [0, 0.05) is 22.7 Å². The summed E-state index contributed by atoms with van der Waals surface area (Å²) in [5, 5.41) is 0.0952. The third-order valence-corrected chi connectivity index (χ3v) is 4.93. The molecule has 0 saturated carbocycles. The molecule has 0 spiro atoms. The van der Waals surface area contributed by atoms with Crippen molar-refractivity contribution < 1.29 is 18.3 Å². The maximum atomic E-state index is 13.9. The normalized spacial score (nSPS) is 10.9. The molecule has 0 atom stereocenters. The third kappa shape index (κ3) is 3.59. The predicted octanol–water partition coefficient (Wildman–Crippen LogP) is 4.57. The fourth-order valence-corrected chi connectivity index (χ4v) is 3.44. The van der Waals surface area contributed by atoms with Crippen LogP contribution in [0.1, 0.15) is 21.5 Å². The van der Waals surface area contributed by atoms with Crippen LogP contribution in [0.3, 0.4) is 0 Å². The van der Waals surface area contributed by atoms with Gasteiger partial charge in [-0.25, -0.2) is 8.78 Å². The molecule has 0 N–H and O–H groups in total. The van der Waals surface area contributed by atoms with Crippen LogP contribution in [0.15, 0.2) is 77.7 Å². The third-order valence-electron chi connectivity index (χ3n) is 4.93. The molecule has 0 saturated heterocycles. The van der Waals surface area contributed by atoms with Gasteiger partial charge in [0.15, 0.2) is 5.78 Å². The molecule has 1 aromatic heterocycles. The fraction of sp³-hybridized carbons (Fsp3) is 0.0833. The molecular formula is C24H17F2NO3. The Morgan fingerprint density at radius 3 is 2.40 bits per heavy atom. The van der Waals surface area contributed by atoms with Crippen molar-refractivity contribution in [2.75, 3.05) is 7.11 Å². The van der Waals surface area contributed by atoms with Crippen molar-refractivity contribution in [1.29, 1.82) is 0 Å². The van der Waals surface area contributed by atoms with E-state index < -0.39 is 22.8 Å². The van der Waals surface area contributed by atoms with Gasteiger partial charge in [0.05, 0.1) is 24.7 Å². The van der Waals surface area contributed by atoms with Crippen molar-refractivity contribution in [2.24, 2.45) is 0 Å². The molecule has 3 aromatic carbocycles. The molecule has 1 heterocycles. The largest absolute Gasteiger partial charge is 0.496 e. The Hall–Kier alpha value is -3.80. The van der Waals surface area contributed by atoms with Gasteiger partial charge in [-0.3, -0.25) is 9.59 Å². The van der Waals surface area contributed by atoms with E-state index in [0.717, 1.165) is 23.8 Å². The van der Waals surface area contributed by atoms with Gasteiger partial charge >= 0.3 is 0 Å². The second-order valence-corrected chi connectivity index (χ2v) is 6.81. The number of halogens is 2. The van der Waals surface area contributed by atoms with E-state index in [4.69, 9.17) is 4.74 Å². The number of pyridine rings is 1. The quantitative estimate of drug-likeness (QED) is 0.457. The average molecular weight is 405 g/mol. The Bertz CT molecular complexity index is 1310. The number of hydrogen-bond acceptors (Lipinski definition) is 3. The number of ether oxygens (including phenoxy) is 1. The van der Waals surface area contributed by atoms with Crippen LogP contribution in [0.5, 0.6) is 5.75 Å². The van der Waals surface area contributed by atoms with Gasteiger partial charge in [-0.15, -0.1) is 0 Å². The smallest absolute Gasteiger partial charge is 0.200 e. The molecule has 0 amide bonds. The molecule has 6 heteroatoms. The molecule has 0 radical (unpaired) electrons. The number of para-hydroxylation sites is 1. The van der Waals surface area contributed by atoms with E-state index in [1.54, 1.807) is 11.7 Å². The Labute approximate surface area is 171 Å². The molecule has 4 aromatic rings. The first-order valence-corrected chi connectivity index (χ1v) is 9.23. The van der Waals surface area contributed by atoms with Crippen LogP contribution in [0.4, 0.5) is 8.78 Å². The number of aromatic nitrogens is 1. The summed E-state index contributed by atoms with van der Waals surface area (Å²) in [6.45, 7) is 0.302. The highest BCUT2D eigenvalue weighted by molar-refractivity contribution is 6.10. The Kier molecular flexibility index (Phi) is 5.14. The number of methoxy groups -OCH3 is 1. The van der Waals surface area contributed by atoms with Crippen LogP contribution >= 0.6 is 0 Å². The Balaban J connectivity index is 1.91. The van der Waals surface area contributed by atoms with Crippen molar-refractivity contribution in [1.82, 2.24) is 4.57 Å².